The maximum atomic E-state index is 12.5. The number of nitriles is 1. The van der Waals surface area contributed by atoms with Gasteiger partial charge >= 0.3 is 0 Å². The molecule has 1 heterocycles. The molecule has 0 fully saturated rings. The average molecular weight is 309 g/mol. The predicted molar refractivity (Wildman–Crippen MR) is 86.6 cm³/mol. The summed E-state index contributed by atoms with van der Waals surface area (Å²) in [6.07, 6.45) is 4.05. The minimum absolute atomic E-state index is 0.00531. The highest BCUT2D eigenvalue weighted by molar-refractivity contribution is 5.78. The molecule has 0 aliphatic rings. The summed E-state index contributed by atoms with van der Waals surface area (Å²) >= 11 is 0. The van der Waals surface area contributed by atoms with E-state index < -0.39 is 0 Å². The van der Waals surface area contributed by atoms with Gasteiger partial charge in [0.2, 0.25) is 5.91 Å². The number of carbonyl (C=O) groups is 1. The van der Waals surface area contributed by atoms with E-state index >= 15 is 0 Å². The van der Waals surface area contributed by atoms with E-state index in [1.165, 1.54) is 0 Å². The number of carbonyl (C=O) groups excluding carboxylic acids is 1. The summed E-state index contributed by atoms with van der Waals surface area (Å²) in [6.45, 7) is 0.880. The summed E-state index contributed by atoms with van der Waals surface area (Å²) < 4.78 is 5.12. The van der Waals surface area contributed by atoms with Crippen molar-refractivity contribution in [3.05, 3.63) is 59.9 Å². The number of hydrogen-bond donors (Lipinski definition) is 0. The zero-order chi connectivity index (χ0) is 16.5. The zero-order valence-electron chi connectivity index (χ0n) is 13.1. The molecule has 0 bridgehead atoms. The van der Waals surface area contributed by atoms with E-state index in [0.29, 0.717) is 25.9 Å². The van der Waals surface area contributed by atoms with E-state index in [1.54, 1.807) is 24.4 Å². The first-order chi connectivity index (χ1) is 11.2. The lowest BCUT2D eigenvalue weighted by atomic mass is 10.1. The number of aromatic nitrogens is 1. The van der Waals surface area contributed by atoms with E-state index in [1.807, 2.05) is 36.4 Å². The smallest absolute Gasteiger partial charge is 0.227 e. The van der Waals surface area contributed by atoms with E-state index in [0.717, 1.165) is 16.9 Å². The predicted octanol–water partition coefficient (Wildman–Crippen LogP) is 2.58. The lowest BCUT2D eigenvalue weighted by molar-refractivity contribution is -0.131. The highest BCUT2D eigenvalue weighted by Crippen LogP contribution is 2.13. The van der Waals surface area contributed by atoms with Crippen LogP contribution in [0, 0.1) is 11.3 Å². The first kappa shape index (κ1) is 16.5. The van der Waals surface area contributed by atoms with Crippen molar-refractivity contribution in [3.63, 3.8) is 0 Å². The molecule has 0 radical (unpaired) electrons. The van der Waals surface area contributed by atoms with Crippen LogP contribution < -0.4 is 4.74 Å². The van der Waals surface area contributed by atoms with Gasteiger partial charge < -0.3 is 9.64 Å². The topological polar surface area (TPSA) is 66.2 Å². The fourth-order valence-corrected chi connectivity index (χ4v) is 2.22. The number of rotatable bonds is 7. The fraction of sp³-hybridized carbons (Fsp3) is 0.278. The van der Waals surface area contributed by atoms with Crippen LogP contribution in [0.25, 0.3) is 0 Å². The molecule has 0 atom stereocenters. The van der Waals surface area contributed by atoms with Crippen molar-refractivity contribution in [1.29, 1.82) is 5.26 Å². The Bertz CT molecular complexity index is 663. The normalized spacial score (nSPS) is 9.91. The minimum Gasteiger partial charge on any atom is -0.497 e. The summed E-state index contributed by atoms with van der Waals surface area (Å²) in [6, 6.07) is 13.3. The number of methoxy groups -OCH3 is 1. The fourth-order valence-electron chi connectivity index (χ4n) is 2.22. The first-order valence-corrected chi connectivity index (χ1v) is 7.39. The van der Waals surface area contributed by atoms with Crippen molar-refractivity contribution in [1.82, 2.24) is 9.88 Å². The number of benzene rings is 1. The van der Waals surface area contributed by atoms with Gasteiger partial charge in [0.1, 0.15) is 5.75 Å². The van der Waals surface area contributed by atoms with Gasteiger partial charge in [-0.3, -0.25) is 9.78 Å². The summed E-state index contributed by atoms with van der Waals surface area (Å²) in [4.78, 5) is 18.3. The third-order valence-corrected chi connectivity index (χ3v) is 3.46. The Morgan fingerprint density at radius 1 is 1.26 bits per heavy atom. The molecule has 5 heteroatoms. The van der Waals surface area contributed by atoms with Crippen LogP contribution >= 0.6 is 0 Å². The molecule has 1 aromatic carbocycles. The van der Waals surface area contributed by atoms with Crippen LogP contribution in [-0.2, 0) is 17.8 Å². The molecule has 0 saturated carbocycles. The Labute approximate surface area is 136 Å². The summed E-state index contributed by atoms with van der Waals surface area (Å²) in [5.41, 5.74) is 1.87. The Hall–Kier alpha value is -2.87. The maximum Gasteiger partial charge on any atom is 0.227 e. The highest BCUT2D eigenvalue weighted by atomic mass is 16.5. The van der Waals surface area contributed by atoms with Crippen molar-refractivity contribution in [3.8, 4) is 11.8 Å². The monoisotopic (exact) mass is 309 g/mol. The van der Waals surface area contributed by atoms with Crippen LogP contribution in [0.5, 0.6) is 5.75 Å². The Morgan fingerprint density at radius 3 is 2.65 bits per heavy atom. The molecule has 2 rings (SSSR count). The van der Waals surface area contributed by atoms with E-state index in [2.05, 4.69) is 11.1 Å². The lowest BCUT2D eigenvalue weighted by Gasteiger charge is -2.21. The molecule has 1 aromatic heterocycles. The van der Waals surface area contributed by atoms with Gasteiger partial charge in [0.05, 0.1) is 26.0 Å². The molecule has 0 N–H and O–H groups in total. The second-order valence-electron chi connectivity index (χ2n) is 5.11. The van der Waals surface area contributed by atoms with Gasteiger partial charge in [-0.05, 0) is 29.3 Å². The van der Waals surface area contributed by atoms with E-state index in [-0.39, 0.29) is 5.91 Å². The van der Waals surface area contributed by atoms with Crippen molar-refractivity contribution in [2.45, 2.75) is 19.4 Å². The molecule has 1 amide bonds. The summed E-state index contributed by atoms with van der Waals surface area (Å²) in [7, 11) is 1.61. The molecule has 0 saturated heterocycles. The molecule has 0 aliphatic carbocycles. The van der Waals surface area contributed by atoms with Gasteiger partial charge in [-0.2, -0.15) is 5.26 Å². The molecule has 5 nitrogen and oxygen atoms in total. The molecular formula is C18H19N3O2. The number of amides is 1. The van der Waals surface area contributed by atoms with Crippen LogP contribution in [0.4, 0.5) is 0 Å². The van der Waals surface area contributed by atoms with Crippen LogP contribution in [0.3, 0.4) is 0 Å². The maximum absolute atomic E-state index is 12.5. The van der Waals surface area contributed by atoms with Crippen LogP contribution in [0.15, 0.2) is 48.8 Å². The van der Waals surface area contributed by atoms with Crippen molar-refractivity contribution in [2.75, 3.05) is 13.7 Å². The molecule has 23 heavy (non-hydrogen) atoms. The second kappa shape index (κ2) is 8.54. The SMILES string of the molecule is COc1ccc(CC(=O)N(CCC#N)Cc2cccnc2)cc1. The van der Waals surface area contributed by atoms with Crippen LogP contribution in [0.1, 0.15) is 17.5 Å². The molecule has 118 valence electrons. The van der Waals surface area contributed by atoms with Gasteiger partial charge in [0.15, 0.2) is 0 Å². The van der Waals surface area contributed by atoms with Gasteiger partial charge in [-0.1, -0.05) is 18.2 Å². The van der Waals surface area contributed by atoms with Gasteiger partial charge in [0, 0.05) is 25.5 Å². The standard InChI is InChI=1S/C18H19N3O2/c1-23-17-7-5-15(6-8-17)12-18(22)21(11-3-9-19)14-16-4-2-10-20-13-16/h2,4-8,10,13H,3,11-12,14H2,1H3. The van der Waals surface area contributed by atoms with E-state index in [9.17, 15) is 4.79 Å². The largest absolute Gasteiger partial charge is 0.497 e. The van der Waals surface area contributed by atoms with Crippen LogP contribution in [-0.4, -0.2) is 29.4 Å². The summed E-state index contributed by atoms with van der Waals surface area (Å²) in [5.74, 6) is 0.757. The number of ether oxygens (including phenoxy) is 1. The quantitative estimate of drug-likeness (QED) is 0.788. The lowest BCUT2D eigenvalue weighted by Crippen LogP contribution is -2.32. The number of hydrogen-bond acceptors (Lipinski definition) is 4. The van der Waals surface area contributed by atoms with E-state index in [4.69, 9.17) is 10.00 Å². The Morgan fingerprint density at radius 2 is 2.04 bits per heavy atom. The van der Waals surface area contributed by atoms with Crippen molar-refractivity contribution >= 4 is 5.91 Å². The zero-order valence-corrected chi connectivity index (χ0v) is 13.1. The average Bonchev–Trinajstić information content (AvgIpc) is 2.60. The van der Waals surface area contributed by atoms with Crippen LogP contribution in [0.2, 0.25) is 0 Å². The van der Waals surface area contributed by atoms with Gasteiger partial charge in [-0.25, -0.2) is 0 Å². The number of nitrogens with zero attached hydrogens (tertiary/aromatic N) is 3. The van der Waals surface area contributed by atoms with Crippen molar-refractivity contribution in [2.24, 2.45) is 0 Å². The minimum atomic E-state index is -0.00531. The molecule has 0 aliphatic heterocycles. The van der Waals surface area contributed by atoms with Gasteiger partial charge in [-0.15, -0.1) is 0 Å². The third kappa shape index (κ3) is 5.11. The van der Waals surface area contributed by atoms with Gasteiger partial charge in [0.25, 0.3) is 0 Å². The molecule has 0 unspecified atom stereocenters. The van der Waals surface area contributed by atoms with Crippen molar-refractivity contribution < 1.29 is 9.53 Å². The molecule has 2 aromatic rings. The molecule has 0 spiro atoms. The third-order valence-electron chi connectivity index (χ3n) is 3.46. The number of pyridine rings is 1. The molecular weight excluding hydrogens is 290 g/mol. The summed E-state index contributed by atoms with van der Waals surface area (Å²) in [5, 5.41) is 8.80. The Kier molecular flexibility index (Phi) is 6.13. The second-order valence-corrected chi connectivity index (χ2v) is 5.11. The first-order valence-electron chi connectivity index (χ1n) is 7.39. The Balaban J connectivity index is 2.04. The highest BCUT2D eigenvalue weighted by Gasteiger charge is 2.14.